The van der Waals surface area contributed by atoms with Crippen LogP contribution in [0.4, 0.5) is 0 Å². The summed E-state index contributed by atoms with van der Waals surface area (Å²) in [6.07, 6.45) is -0.612. The maximum Gasteiger partial charge on any atom is 0.347 e. The zero-order valence-electron chi connectivity index (χ0n) is 10.6. The molecule has 1 atom stereocenters. The molecule has 0 unspecified atom stereocenters. The first-order valence-electron chi connectivity index (χ1n) is 5.58. The molecule has 5 heteroatoms. The van der Waals surface area contributed by atoms with Crippen molar-refractivity contribution >= 4 is 33.5 Å². The topological polar surface area (TPSA) is 35.5 Å². The van der Waals surface area contributed by atoms with E-state index >= 15 is 0 Å². The highest BCUT2D eigenvalue weighted by molar-refractivity contribution is 9.08. The molecule has 1 aromatic rings. The molecule has 0 saturated heterocycles. The van der Waals surface area contributed by atoms with Gasteiger partial charge in [-0.15, -0.1) is 0 Å². The number of halogens is 2. The second-order valence-electron chi connectivity index (χ2n) is 4.19. The van der Waals surface area contributed by atoms with Crippen LogP contribution in [-0.4, -0.2) is 19.2 Å². The Labute approximate surface area is 121 Å². The molecule has 18 heavy (non-hydrogen) atoms. The van der Waals surface area contributed by atoms with Crippen LogP contribution in [0.3, 0.4) is 0 Å². The summed E-state index contributed by atoms with van der Waals surface area (Å²) >= 11 is 9.36. The molecule has 100 valence electrons. The van der Waals surface area contributed by atoms with Crippen LogP contribution < -0.4 is 4.74 Å². The minimum absolute atomic E-state index is 0.0283. The molecule has 0 aromatic heterocycles. The number of alkyl halides is 1. The summed E-state index contributed by atoms with van der Waals surface area (Å²) in [5.41, 5.74) is 0.918. The summed E-state index contributed by atoms with van der Waals surface area (Å²) in [4.78, 5) is 11.6. The Hall–Kier alpha value is -0.740. The fourth-order valence-electron chi connectivity index (χ4n) is 1.45. The molecule has 0 fully saturated rings. The van der Waals surface area contributed by atoms with E-state index in [1.165, 1.54) is 7.11 Å². The van der Waals surface area contributed by atoms with Crippen molar-refractivity contribution in [2.24, 2.45) is 5.92 Å². The van der Waals surface area contributed by atoms with E-state index in [1.807, 2.05) is 19.9 Å². The molecule has 1 rings (SSSR count). The van der Waals surface area contributed by atoms with Crippen LogP contribution in [-0.2, 0) is 14.9 Å². The molecule has 0 aliphatic heterocycles. The van der Waals surface area contributed by atoms with E-state index in [1.54, 1.807) is 12.1 Å². The summed E-state index contributed by atoms with van der Waals surface area (Å²) < 4.78 is 10.4. The van der Waals surface area contributed by atoms with Crippen molar-refractivity contribution in [1.29, 1.82) is 0 Å². The highest BCUT2D eigenvalue weighted by atomic mass is 79.9. The lowest BCUT2D eigenvalue weighted by Crippen LogP contribution is -2.33. The third-order valence-corrected chi connectivity index (χ3v) is 3.44. The van der Waals surface area contributed by atoms with Crippen molar-refractivity contribution in [2.45, 2.75) is 25.3 Å². The highest BCUT2D eigenvalue weighted by Gasteiger charge is 2.25. The van der Waals surface area contributed by atoms with Crippen LogP contribution in [0.2, 0.25) is 5.02 Å². The Morgan fingerprint density at radius 2 is 2.11 bits per heavy atom. The second kappa shape index (κ2) is 7.00. The van der Waals surface area contributed by atoms with Gasteiger partial charge in [0.2, 0.25) is 0 Å². The van der Waals surface area contributed by atoms with Gasteiger partial charge < -0.3 is 9.47 Å². The zero-order chi connectivity index (χ0) is 13.7. The molecule has 0 spiro atoms. The van der Waals surface area contributed by atoms with E-state index in [0.29, 0.717) is 16.1 Å². The largest absolute Gasteiger partial charge is 0.478 e. The number of benzene rings is 1. The first-order valence-corrected chi connectivity index (χ1v) is 7.08. The van der Waals surface area contributed by atoms with E-state index in [0.717, 1.165) is 5.56 Å². The minimum atomic E-state index is -0.612. The minimum Gasteiger partial charge on any atom is -0.478 e. The summed E-state index contributed by atoms with van der Waals surface area (Å²) in [6.45, 7) is 3.81. The van der Waals surface area contributed by atoms with E-state index in [2.05, 4.69) is 15.9 Å². The monoisotopic (exact) mass is 334 g/mol. The van der Waals surface area contributed by atoms with Crippen molar-refractivity contribution in [3.05, 3.63) is 28.8 Å². The number of carbonyl (C=O) groups excluding carboxylic acids is 1. The van der Waals surface area contributed by atoms with Gasteiger partial charge in [-0.1, -0.05) is 41.4 Å². The van der Waals surface area contributed by atoms with Crippen LogP contribution in [0, 0.1) is 5.92 Å². The third-order valence-electron chi connectivity index (χ3n) is 2.46. The fourth-order valence-corrected chi connectivity index (χ4v) is 2.26. The second-order valence-corrected chi connectivity index (χ2v) is 5.16. The molecule has 0 radical (unpaired) electrons. The Morgan fingerprint density at radius 1 is 1.44 bits per heavy atom. The van der Waals surface area contributed by atoms with Gasteiger partial charge in [-0.05, 0) is 23.8 Å². The summed E-state index contributed by atoms with van der Waals surface area (Å²) in [6, 6.07) is 5.31. The number of methoxy groups -OCH3 is 1. The molecule has 0 bridgehead atoms. The quantitative estimate of drug-likeness (QED) is 0.606. The van der Waals surface area contributed by atoms with E-state index < -0.39 is 6.10 Å². The first-order chi connectivity index (χ1) is 8.49. The molecule has 0 heterocycles. The summed E-state index contributed by atoms with van der Waals surface area (Å²) in [5.74, 6) is 0.263. The predicted molar refractivity (Wildman–Crippen MR) is 75.4 cm³/mol. The van der Waals surface area contributed by atoms with Gasteiger partial charge in [0, 0.05) is 16.3 Å². The van der Waals surface area contributed by atoms with Crippen molar-refractivity contribution in [3.8, 4) is 5.75 Å². The molecule has 0 aliphatic carbocycles. The van der Waals surface area contributed by atoms with Gasteiger partial charge in [0.1, 0.15) is 5.75 Å². The average Bonchev–Trinajstić information content (AvgIpc) is 2.36. The van der Waals surface area contributed by atoms with Crippen molar-refractivity contribution in [2.75, 3.05) is 7.11 Å². The Morgan fingerprint density at radius 3 is 2.61 bits per heavy atom. The van der Waals surface area contributed by atoms with E-state index in [-0.39, 0.29) is 11.9 Å². The van der Waals surface area contributed by atoms with Crippen LogP contribution in [0.25, 0.3) is 0 Å². The van der Waals surface area contributed by atoms with Gasteiger partial charge in [-0.2, -0.15) is 0 Å². The lowest BCUT2D eigenvalue weighted by atomic mass is 10.1. The smallest absolute Gasteiger partial charge is 0.347 e. The standard InChI is InChI=1S/C13H16BrClO3/c1-8(2)12(13(16)17-3)18-10-4-5-11(15)9(6-10)7-14/h4-6,8,12H,7H2,1-3H3/t12-/m0/s1. The van der Waals surface area contributed by atoms with Gasteiger partial charge in [0.15, 0.2) is 6.10 Å². The maximum atomic E-state index is 11.6. The van der Waals surface area contributed by atoms with Gasteiger partial charge in [-0.25, -0.2) is 4.79 Å². The Kier molecular flexibility index (Phi) is 5.96. The number of esters is 1. The normalized spacial score (nSPS) is 12.3. The molecule has 1 aromatic carbocycles. The van der Waals surface area contributed by atoms with Crippen LogP contribution in [0.1, 0.15) is 19.4 Å². The molecular formula is C13H16BrClO3. The van der Waals surface area contributed by atoms with Crippen LogP contribution in [0.5, 0.6) is 5.75 Å². The van der Waals surface area contributed by atoms with Gasteiger partial charge in [0.05, 0.1) is 7.11 Å². The van der Waals surface area contributed by atoms with E-state index in [9.17, 15) is 4.79 Å². The van der Waals surface area contributed by atoms with Crippen LogP contribution >= 0.6 is 27.5 Å². The molecule has 0 aliphatic rings. The SMILES string of the molecule is COC(=O)[C@@H](Oc1ccc(Cl)c(CBr)c1)C(C)C. The number of hydrogen-bond donors (Lipinski definition) is 0. The number of carbonyl (C=O) groups is 1. The number of ether oxygens (including phenoxy) is 2. The number of rotatable bonds is 5. The van der Waals surface area contributed by atoms with E-state index in [4.69, 9.17) is 21.1 Å². The Balaban J connectivity index is 2.90. The Bertz CT molecular complexity index is 421. The summed E-state index contributed by atoms with van der Waals surface area (Å²) in [7, 11) is 1.35. The van der Waals surface area contributed by atoms with Crippen LogP contribution in [0.15, 0.2) is 18.2 Å². The molecule has 0 saturated carbocycles. The lowest BCUT2D eigenvalue weighted by molar-refractivity contribution is -0.150. The average molecular weight is 336 g/mol. The maximum absolute atomic E-state index is 11.6. The molecule has 3 nitrogen and oxygen atoms in total. The van der Waals surface area contributed by atoms with Gasteiger partial charge in [0.25, 0.3) is 0 Å². The molecule has 0 amide bonds. The van der Waals surface area contributed by atoms with Gasteiger partial charge in [-0.3, -0.25) is 0 Å². The zero-order valence-corrected chi connectivity index (χ0v) is 12.9. The van der Waals surface area contributed by atoms with Crippen molar-refractivity contribution < 1.29 is 14.3 Å². The highest BCUT2D eigenvalue weighted by Crippen LogP contribution is 2.25. The van der Waals surface area contributed by atoms with Gasteiger partial charge >= 0.3 is 5.97 Å². The van der Waals surface area contributed by atoms with Crippen molar-refractivity contribution in [3.63, 3.8) is 0 Å². The van der Waals surface area contributed by atoms with Crippen molar-refractivity contribution in [1.82, 2.24) is 0 Å². The third kappa shape index (κ3) is 3.89. The first kappa shape index (κ1) is 15.3. The summed E-state index contributed by atoms with van der Waals surface area (Å²) in [5, 5.41) is 1.30. The lowest BCUT2D eigenvalue weighted by Gasteiger charge is -2.20. The fraction of sp³-hybridized carbons (Fsp3) is 0.462. The number of hydrogen-bond acceptors (Lipinski definition) is 3. The molecular weight excluding hydrogens is 319 g/mol. The predicted octanol–water partition coefficient (Wildman–Crippen LogP) is 3.81. The molecule has 0 N–H and O–H groups in total.